The molecule has 0 unspecified atom stereocenters. The van der Waals surface area contributed by atoms with E-state index >= 15 is 0 Å². The SMILES string of the molecule is [AlH3].[Co].[H-].[H-].[Mg+2].[Mo].[Ni]. The predicted molar refractivity (Wildman–Crippen MR) is 17.9 cm³/mol. The number of hydrogen-bond donors (Lipinski definition) is 0. The second kappa shape index (κ2) is 28.1. The summed E-state index contributed by atoms with van der Waals surface area (Å²) >= 11 is 0. The molecule has 0 aliphatic carbocycles. The molecule has 0 aliphatic heterocycles. The minimum atomic E-state index is 0. The van der Waals surface area contributed by atoms with Crippen LogP contribution < -0.4 is 0 Å². The smallest absolute Gasteiger partial charge is 1.00 e. The Morgan fingerprint density at radius 2 is 1.20 bits per heavy atom. The van der Waals surface area contributed by atoms with Gasteiger partial charge < -0.3 is 2.85 Å². The monoisotopic (exact) mass is 271 g/mol. The summed E-state index contributed by atoms with van der Waals surface area (Å²) in [6.45, 7) is 0. The molecule has 5 heavy (non-hydrogen) atoms. The van der Waals surface area contributed by atoms with Crippen LogP contribution in [0, 0.1) is 0 Å². The van der Waals surface area contributed by atoms with Gasteiger partial charge in [-0.3, -0.25) is 0 Å². The standard InChI is InChI=1S/Al.Co.Mg.Mo.Ni.5H/q;;+2;;;;;;2*-1. The maximum atomic E-state index is 0. The zero-order valence-electron chi connectivity index (χ0n) is 3.76. The predicted octanol–water partition coefficient (Wildman–Crippen LogP) is -1.35. The van der Waals surface area contributed by atoms with Crippen LogP contribution in [0.2, 0.25) is 0 Å². The molecule has 0 fully saturated rings. The molecule has 5 heteroatoms. The van der Waals surface area contributed by atoms with E-state index in [-0.39, 0.29) is 97.6 Å². The van der Waals surface area contributed by atoms with Crippen molar-refractivity contribution in [1.82, 2.24) is 0 Å². The van der Waals surface area contributed by atoms with E-state index in [0.29, 0.717) is 0 Å². The average molecular weight is 270 g/mol. The van der Waals surface area contributed by atoms with Gasteiger partial charge in [-0.25, -0.2) is 0 Å². The van der Waals surface area contributed by atoms with Crippen LogP contribution in [0.4, 0.5) is 0 Å². The largest absolute Gasteiger partial charge is 2.00 e. The number of hydrogen-bond acceptors (Lipinski definition) is 0. The van der Waals surface area contributed by atoms with Gasteiger partial charge in [-0.05, 0) is 0 Å². The summed E-state index contributed by atoms with van der Waals surface area (Å²) in [5.74, 6) is 0. The molecular formula is H5AlCoMgMoNi. The maximum absolute atomic E-state index is 0. The maximum Gasteiger partial charge on any atom is 2.00 e. The molecule has 0 saturated heterocycles. The Morgan fingerprint density at radius 1 is 1.20 bits per heavy atom. The summed E-state index contributed by atoms with van der Waals surface area (Å²) in [6, 6.07) is 0. The van der Waals surface area contributed by atoms with Crippen molar-refractivity contribution in [3.8, 4) is 0 Å². The van der Waals surface area contributed by atoms with Crippen molar-refractivity contribution < 1.29 is 57.2 Å². The fourth-order valence-corrected chi connectivity index (χ4v) is 0. The van der Waals surface area contributed by atoms with Crippen LogP contribution in [-0.2, 0) is 54.3 Å². The zero-order valence-corrected chi connectivity index (χ0v) is 7.21. The van der Waals surface area contributed by atoms with Gasteiger partial charge >= 0.3 is 23.1 Å². The van der Waals surface area contributed by atoms with Crippen LogP contribution >= 0.6 is 0 Å². The van der Waals surface area contributed by atoms with Crippen molar-refractivity contribution in [1.29, 1.82) is 0 Å². The van der Waals surface area contributed by atoms with E-state index in [9.17, 15) is 0 Å². The van der Waals surface area contributed by atoms with Crippen molar-refractivity contribution in [2.45, 2.75) is 0 Å². The molecule has 0 heterocycles. The van der Waals surface area contributed by atoms with E-state index in [4.69, 9.17) is 0 Å². The molecule has 0 aromatic rings. The Morgan fingerprint density at radius 3 is 1.20 bits per heavy atom. The van der Waals surface area contributed by atoms with Gasteiger partial charge in [-0.15, -0.1) is 0 Å². The molecule has 1 radical (unpaired) electrons. The van der Waals surface area contributed by atoms with Crippen molar-refractivity contribution in [3.05, 3.63) is 0 Å². The Kier molecular flexibility index (Phi) is 245. The second-order valence-electron chi connectivity index (χ2n) is 0. The third-order valence-electron chi connectivity index (χ3n) is 0. The molecule has 0 amide bonds. The first-order chi connectivity index (χ1) is 0. The van der Waals surface area contributed by atoms with Gasteiger partial charge in [0.1, 0.15) is 0 Å². The molecule has 0 aliphatic rings. The molecule has 0 aromatic heterocycles. The first-order valence-electron chi connectivity index (χ1n) is 0. The van der Waals surface area contributed by atoms with Gasteiger partial charge in [0.2, 0.25) is 0 Å². The van der Waals surface area contributed by atoms with E-state index in [0.717, 1.165) is 0 Å². The van der Waals surface area contributed by atoms with E-state index < -0.39 is 0 Å². The Bertz CT molecular complexity index is 17.7. The molecule has 0 nitrogen and oxygen atoms in total. The fraction of sp³-hybridized carbons (Fsp3) is 0. The first kappa shape index (κ1) is 43.7. The zero-order chi connectivity index (χ0) is 0. The molecule has 0 rings (SSSR count). The van der Waals surface area contributed by atoms with Crippen LogP contribution in [0.15, 0.2) is 0 Å². The molecule has 0 saturated carbocycles. The summed E-state index contributed by atoms with van der Waals surface area (Å²) in [5.41, 5.74) is 0. The molecule has 0 bridgehead atoms. The summed E-state index contributed by atoms with van der Waals surface area (Å²) in [7, 11) is 0. The Labute approximate surface area is 96.2 Å². The van der Waals surface area contributed by atoms with E-state index in [1.165, 1.54) is 0 Å². The molecule has 0 N–H and O–H groups in total. The fourth-order valence-electron chi connectivity index (χ4n) is 0. The van der Waals surface area contributed by atoms with Gasteiger partial charge in [0, 0.05) is 54.3 Å². The number of rotatable bonds is 0. The molecule has 0 atom stereocenters. The second-order valence-corrected chi connectivity index (χ2v) is 0. The normalized spacial score (nSPS) is 0. The summed E-state index contributed by atoms with van der Waals surface area (Å²) in [5, 5.41) is 0. The average Bonchev–Trinajstić information content (AvgIpc) is 0. The van der Waals surface area contributed by atoms with Crippen LogP contribution in [0.25, 0.3) is 0 Å². The Balaban J connectivity index is 0. The minimum absolute atomic E-state index is 0. The topological polar surface area (TPSA) is 0 Å². The van der Waals surface area contributed by atoms with E-state index in [1.54, 1.807) is 0 Å². The van der Waals surface area contributed by atoms with Gasteiger partial charge in [0.25, 0.3) is 0 Å². The van der Waals surface area contributed by atoms with E-state index in [2.05, 4.69) is 0 Å². The van der Waals surface area contributed by atoms with Crippen molar-refractivity contribution in [3.63, 3.8) is 0 Å². The van der Waals surface area contributed by atoms with Gasteiger partial charge in [-0.1, -0.05) is 0 Å². The van der Waals surface area contributed by atoms with Crippen molar-refractivity contribution in [2.75, 3.05) is 0 Å². The van der Waals surface area contributed by atoms with E-state index in [1.807, 2.05) is 0 Å². The third kappa shape index (κ3) is 19.5. The molecule has 0 aromatic carbocycles. The summed E-state index contributed by atoms with van der Waals surface area (Å²) in [6.07, 6.45) is 0. The van der Waals surface area contributed by atoms with Crippen molar-refractivity contribution >= 4 is 40.4 Å². The summed E-state index contributed by atoms with van der Waals surface area (Å²) < 4.78 is 0. The van der Waals surface area contributed by atoms with Crippen molar-refractivity contribution in [2.24, 2.45) is 0 Å². The molecule has 0 spiro atoms. The van der Waals surface area contributed by atoms with Crippen LogP contribution in [0.5, 0.6) is 0 Å². The molecule has 35 valence electrons. The van der Waals surface area contributed by atoms with Gasteiger partial charge in [0.05, 0.1) is 0 Å². The quantitative estimate of drug-likeness (QED) is 0.478. The van der Waals surface area contributed by atoms with Crippen LogP contribution in [-0.4, -0.2) is 40.4 Å². The van der Waals surface area contributed by atoms with Crippen LogP contribution in [0.1, 0.15) is 2.85 Å². The molecular weight excluding hydrogens is 265 g/mol. The van der Waals surface area contributed by atoms with Gasteiger partial charge in [-0.2, -0.15) is 0 Å². The minimum Gasteiger partial charge on any atom is -1.00 e. The summed E-state index contributed by atoms with van der Waals surface area (Å²) in [4.78, 5) is 0. The van der Waals surface area contributed by atoms with Gasteiger partial charge in [0.15, 0.2) is 17.4 Å². The third-order valence-corrected chi connectivity index (χ3v) is 0. The first-order valence-corrected chi connectivity index (χ1v) is 0. The Hall–Kier alpha value is 2.99. The van der Waals surface area contributed by atoms with Crippen LogP contribution in [0.3, 0.4) is 0 Å².